The largest absolute Gasteiger partial charge is 0.488 e. The Morgan fingerprint density at radius 1 is 1.28 bits per heavy atom. The molecule has 3 rings (SSSR count). The highest BCUT2D eigenvalue weighted by atomic mass is 35.5. The molecular weight excluding hydrogens is 427 g/mol. The maximum absolute atomic E-state index is 14.4. The number of ether oxygens (including phenoxy) is 1. The van der Waals surface area contributed by atoms with Crippen molar-refractivity contribution in [2.24, 2.45) is 0 Å². The second-order valence-electron chi connectivity index (χ2n) is 6.67. The molecule has 2 heterocycles. The van der Waals surface area contributed by atoms with Gasteiger partial charge < -0.3 is 14.7 Å². The second kappa shape index (κ2) is 8.03. The first-order valence-corrected chi connectivity index (χ1v) is 10.9. The Balaban J connectivity index is 1.84. The number of aromatic nitrogens is 1. The number of piperidine rings is 1. The standard InChI is InChI=1S/C18H18ClFN2O6S/c1-29(26,27)12-2-3-15(14(20)8-12)22-10-13(19)16(9-17(22)23)28-11-4-6-21(7-5-11)18(24)25/h2-3,8-11H,4-7H2,1H3,(H,24,25). The lowest BCUT2D eigenvalue weighted by Crippen LogP contribution is -2.41. The number of pyridine rings is 1. The Morgan fingerprint density at radius 3 is 2.48 bits per heavy atom. The molecule has 1 aliphatic rings. The molecule has 2 aromatic rings. The summed E-state index contributed by atoms with van der Waals surface area (Å²) < 4.78 is 44.2. The molecule has 1 aliphatic heterocycles. The number of amides is 1. The van der Waals surface area contributed by atoms with Gasteiger partial charge in [-0.1, -0.05) is 11.6 Å². The Morgan fingerprint density at radius 2 is 1.93 bits per heavy atom. The van der Waals surface area contributed by atoms with Crippen LogP contribution in [0.1, 0.15) is 12.8 Å². The molecule has 1 fully saturated rings. The highest BCUT2D eigenvalue weighted by Crippen LogP contribution is 2.27. The maximum atomic E-state index is 14.4. The van der Waals surface area contributed by atoms with Crippen LogP contribution in [0.2, 0.25) is 5.02 Å². The molecule has 29 heavy (non-hydrogen) atoms. The Bertz CT molecular complexity index is 1110. The summed E-state index contributed by atoms with van der Waals surface area (Å²) in [4.78, 5) is 24.5. The molecule has 11 heteroatoms. The van der Waals surface area contributed by atoms with Crippen molar-refractivity contribution in [2.75, 3.05) is 19.3 Å². The van der Waals surface area contributed by atoms with E-state index in [4.69, 9.17) is 21.4 Å². The summed E-state index contributed by atoms with van der Waals surface area (Å²) in [6.07, 6.45) is 1.76. The number of nitrogens with zero attached hydrogens (tertiary/aromatic N) is 2. The lowest BCUT2D eigenvalue weighted by atomic mass is 10.1. The molecule has 0 bridgehead atoms. The van der Waals surface area contributed by atoms with Gasteiger partial charge in [-0.2, -0.15) is 0 Å². The zero-order chi connectivity index (χ0) is 21.3. The number of carbonyl (C=O) groups is 1. The molecule has 1 aromatic carbocycles. The summed E-state index contributed by atoms with van der Waals surface area (Å²) in [5, 5.41) is 9.04. The fourth-order valence-corrected chi connectivity index (χ4v) is 3.86. The molecular formula is C18H18ClFN2O6S. The number of rotatable bonds is 4. The smallest absolute Gasteiger partial charge is 0.407 e. The minimum atomic E-state index is -3.59. The van der Waals surface area contributed by atoms with E-state index in [-0.39, 0.29) is 27.5 Å². The van der Waals surface area contributed by atoms with Crippen LogP contribution in [-0.2, 0) is 9.84 Å². The fourth-order valence-electron chi connectivity index (χ4n) is 3.03. The number of hydrogen-bond donors (Lipinski definition) is 1. The van der Waals surface area contributed by atoms with Crippen molar-refractivity contribution in [3.63, 3.8) is 0 Å². The zero-order valence-electron chi connectivity index (χ0n) is 15.3. The van der Waals surface area contributed by atoms with Crippen LogP contribution in [0.5, 0.6) is 5.75 Å². The van der Waals surface area contributed by atoms with Gasteiger partial charge in [-0.15, -0.1) is 0 Å². The first kappa shape index (κ1) is 21.1. The zero-order valence-corrected chi connectivity index (χ0v) is 16.9. The van der Waals surface area contributed by atoms with Crippen molar-refractivity contribution in [3.05, 3.63) is 51.7 Å². The van der Waals surface area contributed by atoms with Crippen molar-refractivity contribution < 1.29 is 27.4 Å². The number of halogens is 2. The van der Waals surface area contributed by atoms with Gasteiger partial charge in [0.05, 0.1) is 15.6 Å². The topological polar surface area (TPSA) is 106 Å². The van der Waals surface area contributed by atoms with Crippen LogP contribution < -0.4 is 10.3 Å². The molecule has 0 spiro atoms. The number of sulfone groups is 1. The molecule has 0 unspecified atom stereocenters. The van der Waals surface area contributed by atoms with Crippen molar-refractivity contribution in [1.82, 2.24) is 9.47 Å². The highest BCUT2D eigenvalue weighted by molar-refractivity contribution is 7.90. The SMILES string of the molecule is CS(=O)(=O)c1ccc(-n2cc(Cl)c(OC3CCN(C(=O)O)CC3)cc2=O)c(F)c1. The van der Waals surface area contributed by atoms with Crippen LogP contribution in [-0.4, -0.2) is 54.5 Å². The minimum Gasteiger partial charge on any atom is -0.488 e. The van der Waals surface area contributed by atoms with Gasteiger partial charge in [0.1, 0.15) is 17.7 Å². The van der Waals surface area contributed by atoms with Gasteiger partial charge in [0.2, 0.25) is 0 Å². The normalized spacial score (nSPS) is 15.3. The third kappa shape index (κ3) is 4.70. The van der Waals surface area contributed by atoms with E-state index < -0.39 is 27.3 Å². The van der Waals surface area contributed by atoms with Gasteiger partial charge >= 0.3 is 6.09 Å². The maximum Gasteiger partial charge on any atom is 0.407 e. The fraction of sp³-hybridized carbons (Fsp3) is 0.333. The van der Waals surface area contributed by atoms with Crippen LogP contribution in [0.25, 0.3) is 5.69 Å². The Labute approximate surface area is 171 Å². The minimum absolute atomic E-state index is 0.0665. The van der Waals surface area contributed by atoms with E-state index in [9.17, 15) is 22.4 Å². The van der Waals surface area contributed by atoms with E-state index in [0.29, 0.717) is 25.9 Å². The number of carboxylic acid groups (broad SMARTS) is 1. The average molecular weight is 445 g/mol. The first-order valence-electron chi connectivity index (χ1n) is 8.63. The molecule has 1 saturated heterocycles. The van der Waals surface area contributed by atoms with Crippen molar-refractivity contribution in [3.8, 4) is 11.4 Å². The summed E-state index contributed by atoms with van der Waals surface area (Å²) in [6.45, 7) is 0.624. The lowest BCUT2D eigenvalue weighted by Gasteiger charge is -2.30. The van der Waals surface area contributed by atoms with Crippen molar-refractivity contribution >= 4 is 27.5 Å². The monoisotopic (exact) mass is 444 g/mol. The predicted octanol–water partition coefficient (Wildman–Crippen LogP) is 2.55. The molecule has 8 nitrogen and oxygen atoms in total. The van der Waals surface area contributed by atoms with E-state index in [2.05, 4.69) is 0 Å². The van der Waals surface area contributed by atoms with Gasteiger partial charge in [-0.25, -0.2) is 17.6 Å². The molecule has 0 saturated carbocycles. The van der Waals surface area contributed by atoms with Crippen LogP contribution in [0, 0.1) is 5.82 Å². The van der Waals surface area contributed by atoms with E-state index in [1.165, 1.54) is 23.2 Å². The van der Waals surface area contributed by atoms with E-state index >= 15 is 0 Å². The summed E-state index contributed by atoms with van der Waals surface area (Å²) in [7, 11) is -3.59. The van der Waals surface area contributed by atoms with Gasteiger partial charge in [-0.3, -0.25) is 9.36 Å². The molecule has 1 amide bonds. The van der Waals surface area contributed by atoms with Crippen molar-refractivity contribution in [2.45, 2.75) is 23.8 Å². The van der Waals surface area contributed by atoms with Crippen molar-refractivity contribution in [1.29, 1.82) is 0 Å². The third-order valence-electron chi connectivity index (χ3n) is 4.58. The van der Waals surface area contributed by atoms with Crippen LogP contribution in [0.15, 0.2) is 40.2 Å². The molecule has 1 N–H and O–H groups in total. The summed E-state index contributed by atoms with van der Waals surface area (Å²) >= 11 is 6.20. The Kier molecular flexibility index (Phi) is 5.85. The van der Waals surface area contributed by atoms with Crippen LogP contribution in [0.4, 0.5) is 9.18 Å². The van der Waals surface area contributed by atoms with Crippen LogP contribution >= 0.6 is 11.6 Å². The number of likely N-dealkylation sites (tertiary alicyclic amines) is 1. The molecule has 1 aromatic heterocycles. The highest BCUT2D eigenvalue weighted by Gasteiger charge is 2.24. The second-order valence-corrected chi connectivity index (χ2v) is 9.09. The van der Waals surface area contributed by atoms with Gasteiger partial charge in [0, 0.05) is 44.5 Å². The molecule has 0 aliphatic carbocycles. The van der Waals surface area contributed by atoms with Crippen LogP contribution in [0.3, 0.4) is 0 Å². The number of benzene rings is 1. The quantitative estimate of drug-likeness (QED) is 0.776. The van der Waals surface area contributed by atoms with Gasteiger partial charge in [-0.05, 0) is 18.2 Å². The average Bonchev–Trinajstić information content (AvgIpc) is 2.64. The summed E-state index contributed by atoms with van der Waals surface area (Å²) in [5.74, 6) is -0.768. The van der Waals surface area contributed by atoms with Gasteiger partial charge in [0.25, 0.3) is 5.56 Å². The third-order valence-corrected chi connectivity index (χ3v) is 5.98. The molecule has 0 atom stereocenters. The lowest BCUT2D eigenvalue weighted by molar-refractivity contribution is 0.0894. The predicted molar refractivity (Wildman–Crippen MR) is 103 cm³/mol. The summed E-state index contributed by atoms with van der Waals surface area (Å²) in [6, 6.07) is 4.35. The van der Waals surface area contributed by atoms with E-state index in [0.717, 1.165) is 23.0 Å². The van der Waals surface area contributed by atoms with Gasteiger partial charge in [0.15, 0.2) is 9.84 Å². The number of hydrogen-bond acceptors (Lipinski definition) is 5. The Hall–Kier alpha value is -2.59. The van der Waals surface area contributed by atoms with E-state index in [1.807, 2.05) is 0 Å². The first-order chi connectivity index (χ1) is 13.6. The molecule has 156 valence electrons. The van der Waals surface area contributed by atoms with E-state index in [1.54, 1.807) is 0 Å². The summed E-state index contributed by atoms with van der Waals surface area (Å²) in [5.41, 5.74) is -0.760. The molecule has 0 radical (unpaired) electrons.